The molecule has 0 amide bonds. The molecule has 0 bridgehead atoms. The van der Waals surface area contributed by atoms with Crippen LogP contribution in [0.2, 0.25) is 0 Å². The molecule has 7 nitrogen and oxygen atoms in total. The van der Waals surface area contributed by atoms with Gasteiger partial charge in [-0.15, -0.1) is 0 Å². The summed E-state index contributed by atoms with van der Waals surface area (Å²) in [5, 5.41) is 33.3. The molecule has 1 heterocycles. The zero-order chi connectivity index (χ0) is 16.7. The lowest BCUT2D eigenvalue weighted by atomic mass is 10.0. The van der Waals surface area contributed by atoms with Gasteiger partial charge in [0.2, 0.25) is 0 Å². The monoisotopic (exact) mass is 318 g/mol. The molecule has 0 saturated heterocycles. The quantitative estimate of drug-likeness (QED) is 0.506. The van der Waals surface area contributed by atoms with Crippen molar-refractivity contribution in [3.63, 3.8) is 0 Å². The molecule has 0 aliphatic heterocycles. The number of nitrogens with zero attached hydrogens (tertiary/aromatic N) is 1. The van der Waals surface area contributed by atoms with Gasteiger partial charge in [0.05, 0.1) is 29.9 Å². The first-order chi connectivity index (χ1) is 11.1. The molecule has 122 valence electrons. The molecule has 2 atom stereocenters. The van der Waals surface area contributed by atoms with Crippen LogP contribution in [-0.4, -0.2) is 34.3 Å². The predicted octanol–water partition coefficient (Wildman–Crippen LogP) is 1.89. The van der Waals surface area contributed by atoms with Gasteiger partial charge in [-0.05, 0) is 35.9 Å². The maximum atomic E-state index is 10.6. The number of aliphatic hydroxyl groups excluding tert-OH is 2. The molecule has 2 aromatic rings. The smallest absolute Gasteiger partial charge is 0.269 e. The number of benzene rings is 1. The number of nitro benzene ring substituents is 1. The van der Waals surface area contributed by atoms with Crippen LogP contribution in [0.1, 0.15) is 17.4 Å². The number of nitro groups is 1. The molecule has 0 spiro atoms. The van der Waals surface area contributed by atoms with Crippen molar-refractivity contribution >= 4 is 11.8 Å². The molecule has 7 heteroatoms. The van der Waals surface area contributed by atoms with Crippen LogP contribution >= 0.6 is 0 Å². The van der Waals surface area contributed by atoms with E-state index in [0.29, 0.717) is 17.9 Å². The predicted molar refractivity (Wildman–Crippen MR) is 84.7 cm³/mol. The van der Waals surface area contributed by atoms with Gasteiger partial charge in [-0.25, -0.2) is 0 Å². The minimum Gasteiger partial charge on any atom is -0.465 e. The molecule has 2 unspecified atom stereocenters. The summed E-state index contributed by atoms with van der Waals surface area (Å²) >= 11 is 0. The fraction of sp³-hybridized carbons (Fsp3) is 0.250. The van der Waals surface area contributed by atoms with Crippen molar-refractivity contribution in [1.82, 2.24) is 5.32 Å². The number of rotatable bonds is 8. The fourth-order valence-electron chi connectivity index (χ4n) is 2.08. The summed E-state index contributed by atoms with van der Waals surface area (Å²) < 4.78 is 5.15. The normalized spacial score (nSPS) is 14.0. The molecule has 0 radical (unpaired) electrons. The van der Waals surface area contributed by atoms with E-state index in [9.17, 15) is 20.3 Å². The van der Waals surface area contributed by atoms with Gasteiger partial charge in [-0.3, -0.25) is 10.1 Å². The molecule has 0 saturated carbocycles. The maximum Gasteiger partial charge on any atom is 0.269 e. The first-order valence-corrected chi connectivity index (χ1v) is 7.08. The van der Waals surface area contributed by atoms with E-state index in [4.69, 9.17) is 4.42 Å². The summed E-state index contributed by atoms with van der Waals surface area (Å²) in [4.78, 5) is 10.1. The Morgan fingerprint density at radius 3 is 2.61 bits per heavy atom. The van der Waals surface area contributed by atoms with Gasteiger partial charge < -0.3 is 19.9 Å². The van der Waals surface area contributed by atoms with Crippen LogP contribution in [0.5, 0.6) is 0 Å². The Bertz CT molecular complexity index is 637. The molecular formula is C16H18N2O5. The van der Waals surface area contributed by atoms with Gasteiger partial charge in [-0.1, -0.05) is 6.08 Å². The van der Waals surface area contributed by atoms with E-state index in [0.717, 1.165) is 0 Å². The molecule has 0 aliphatic rings. The summed E-state index contributed by atoms with van der Waals surface area (Å²) in [6.45, 7) is 0.155. The number of nitrogens with one attached hydrogen (secondary N) is 1. The standard InChI is InChI=1S/C16H18N2O5/c19-11-15(17-9-1-3-14-4-2-10-23-14)16(20)12-5-7-13(8-6-12)18(21)22/h1-8,10,15-17,19-20H,9,11H2/b3-1+. The Morgan fingerprint density at radius 1 is 1.30 bits per heavy atom. The van der Waals surface area contributed by atoms with E-state index in [2.05, 4.69) is 5.32 Å². The van der Waals surface area contributed by atoms with Crippen LogP contribution < -0.4 is 5.32 Å². The zero-order valence-corrected chi connectivity index (χ0v) is 12.3. The molecule has 0 fully saturated rings. The van der Waals surface area contributed by atoms with Gasteiger partial charge in [0.15, 0.2) is 0 Å². The van der Waals surface area contributed by atoms with Crippen molar-refractivity contribution in [2.75, 3.05) is 13.2 Å². The van der Waals surface area contributed by atoms with E-state index < -0.39 is 17.1 Å². The highest BCUT2D eigenvalue weighted by Crippen LogP contribution is 2.20. The average molecular weight is 318 g/mol. The van der Waals surface area contributed by atoms with Crippen LogP contribution in [0.4, 0.5) is 5.69 Å². The Labute approximate surface area is 133 Å². The number of furan rings is 1. The van der Waals surface area contributed by atoms with Crippen LogP contribution in [0.3, 0.4) is 0 Å². The summed E-state index contributed by atoms with van der Waals surface area (Å²) in [5.41, 5.74) is 0.452. The van der Waals surface area contributed by atoms with E-state index in [-0.39, 0.29) is 12.3 Å². The summed E-state index contributed by atoms with van der Waals surface area (Å²) in [7, 11) is 0. The van der Waals surface area contributed by atoms with Crippen molar-refractivity contribution in [3.8, 4) is 0 Å². The maximum absolute atomic E-state index is 10.6. The van der Waals surface area contributed by atoms with E-state index >= 15 is 0 Å². The molecule has 1 aromatic heterocycles. The number of aliphatic hydroxyl groups is 2. The highest BCUT2D eigenvalue weighted by atomic mass is 16.6. The van der Waals surface area contributed by atoms with Crippen molar-refractivity contribution < 1.29 is 19.6 Å². The van der Waals surface area contributed by atoms with Crippen molar-refractivity contribution in [1.29, 1.82) is 0 Å². The SMILES string of the molecule is O=[N+]([O-])c1ccc(C(O)C(CO)NC/C=C/c2ccco2)cc1. The second-order valence-corrected chi connectivity index (χ2v) is 4.91. The fourth-order valence-corrected chi connectivity index (χ4v) is 2.08. The Morgan fingerprint density at radius 2 is 2.04 bits per heavy atom. The Kier molecular flexibility index (Phi) is 6.04. The van der Waals surface area contributed by atoms with Crippen molar-refractivity contribution in [2.45, 2.75) is 12.1 Å². The van der Waals surface area contributed by atoms with Gasteiger partial charge >= 0.3 is 0 Å². The summed E-state index contributed by atoms with van der Waals surface area (Å²) in [6, 6.07) is 8.61. The van der Waals surface area contributed by atoms with E-state index in [1.54, 1.807) is 18.4 Å². The number of non-ortho nitro benzene ring substituents is 1. The Hall–Kier alpha value is -2.48. The molecule has 3 N–H and O–H groups in total. The second kappa shape index (κ2) is 8.23. The number of hydrogen-bond acceptors (Lipinski definition) is 6. The molecule has 23 heavy (non-hydrogen) atoms. The zero-order valence-electron chi connectivity index (χ0n) is 12.3. The minimum atomic E-state index is -0.974. The van der Waals surface area contributed by atoms with Crippen molar-refractivity contribution in [2.24, 2.45) is 0 Å². The van der Waals surface area contributed by atoms with E-state index in [1.807, 2.05) is 12.1 Å². The highest BCUT2D eigenvalue weighted by Gasteiger charge is 2.20. The molecule has 2 rings (SSSR count). The average Bonchev–Trinajstić information content (AvgIpc) is 3.08. The first kappa shape index (κ1) is 16.9. The lowest BCUT2D eigenvalue weighted by Crippen LogP contribution is -2.38. The molecule has 0 aliphatic carbocycles. The molecule has 1 aromatic carbocycles. The van der Waals surface area contributed by atoms with Gasteiger partial charge in [-0.2, -0.15) is 0 Å². The third kappa shape index (κ3) is 4.75. The summed E-state index contributed by atoms with van der Waals surface area (Å²) in [5.74, 6) is 0.711. The van der Waals surface area contributed by atoms with Crippen LogP contribution in [0.25, 0.3) is 6.08 Å². The number of hydrogen-bond donors (Lipinski definition) is 3. The second-order valence-electron chi connectivity index (χ2n) is 4.91. The Balaban J connectivity index is 1.92. The van der Waals surface area contributed by atoms with Gasteiger partial charge in [0.25, 0.3) is 5.69 Å². The van der Waals surface area contributed by atoms with Gasteiger partial charge in [0.1, 0.15) is 5.76 Å². The lowest BCUT2D eigenvalue weighted by Gasteiger charge is -2.22. The minimum absolute atomic E-state index is 0.0455. The first-order valence-electron chi connectivity index (χ1n) is 7.08. The molecular weight excluding hydrogens is 300 g/mol. The van der Waals surface area contributed by atoms with Crippen LogP contribution in [-0.2, 0) is 0 Å². The van der Waals surface area contributed by atoms with Crippen LogP contribution in [0, 0.1) is 10.1 Å². The largest absolute Gasteiger partial charge is 0.465 e. The van der Waals surface area contributed by atoms with Gasteiger partial charge in [0, 0.05) is 18.7 Å². The highest BCUT2D eigenvalue weighted by molar-refractivity contribution is 5.42. The third-order valence-electron chi connectivity index (χ3n) is 3.35. The summed E-state index contributed by atoms with van der Waals surface area (Å²) in [6.07, 6.45) is 4.18. The van der Waals surface area contributed by atoms with Crippen molar-refractivity contribution in [3.05, 3.63) is 70.2 Å². The lowest BCUT2D eigenvalue weighted by molar-refractivity contribution is -0.384. The topological polar surface area (TPSA) is 109 Å². The van der Waals surface area contributed by atoms with E-state index in [1.165, 1.54) is 24.3 Å². The third-order valence-corrected chi connectivity index (χ3v) is 3.35. The van der Waals surface area contributed by atoms with Crippen LogP contribution in [0.15, 0.2) is 53.2 Å².